The van der Waals surface area contributed by atoms with Crippen molar-refractivity contribution in [3.05, 3.63) is 71.5 Å². The summed E-state index contributed by atoms with van der Waals surface area (Å²) in [6.45, 7) is 6.56. The Kier molecular flexibility index (Phi) is 6.55. The second-order valence-electron chi connectivity index (χ2n) is 7.81. The lowest BCUT2D eigenvalue weighted by atomic mass is 10.2. The number of Topliss-reactive ketones (excluding diaryl/α,β-unsaturated/α-hetero) is 1. The van der Waals surface area contributed by atoms with Crippen molar-refractivity contribution >= 4 is 29.1 Å². The fourth-order valence-electron chi connectivity index (χ4n) is 3.79. The first-order chi connectivity index (χ1) is 15.4. The first kappa shape index (κ1) is 22.0. The number of amides is 1. The summed E-state index contributed by atoms with van der Waals surface area (Å²) in [4.78, 5) is 25.0. The number of nitrogens with zero attached hydrogens (tertiary/aromatic N) is 1. The van der Waals surface area contributed by atoms with Gasteiger partial charge in [-0.3, -0.25) is 9.59 Å². The van der Waals surface area contributed by atoms with Gasteiger partial charge in [-0.05, 0) is 56.3 Å². The summed E-state index contributed by atoms with van der Waals surface area (Å²) in [5, 5.41) is 2.74. The van der Waals surface area contributed by atoms with E-state index in [2.05, 4.69) is 9.88 Å². The SMILES string of the molecule is CC(=O)Nc1ccc(SCC(=O)c2cc(C)n(C[C@H]3COc4ccccc4O3)c2C)cc1. The summed E-state index contributed by atoms with van der Waals surface area (Å²) in [5.41, 5.74) is 3.45. The highest BCUT2D eigenvalue weighted by Gasteiger charge is 2.24. The zero-order chi connectivity index (χ0) is 22.7. The number of para-hydroxylation sites is 2. The van der Waals surface area contributed by atoms with Gasteiger partial charge >= 0.3 is 0 Å². The third-order valence-electron chi connectivity index (χ3n) is 5.37. The lowest BCUT2D eigenvalue weighted by Crippen LogP contribution is -2.33. The Balaban J connectivity index is 1.39. The van der Waals surface area contributed by atoms with Crippen molar-refractivity contribution in [2.24, 2.45) is 0 Å². The van der Waals surface area contributed by atoms with Crippen molar-refractivity contribution in [1.29, 1.82) is 0 Å². The van der Waals surface area contributed by atoms with Gasteiger partial charge in [0.15, 0.2) is 23.4 Å². The van der Waals surface area contributed by atoms with E-state index in [4.69, 9.17) is 9.47 Å². The van der Waals surface area contributed by atoms with Crippen LogP contribution in [0.4, 0.5) is 5.69 Å². The van der Waals surface area contributed by atoms with Crippen LogP contribution >= 0.6 is 11.8 Å². The second kappa shape index (κ2) is 9.53. The van der Waals surface area contributed by atoms with Crippen LogP contribution in [-0.4, -0.2) is 34.7 Å². The number of ketones is 1. The van der Waals surface area contributed by atoms with E-state index in [0.717, 1.165) is 39.0 Å². The summed E-state index contributed by atoms with van der Waals surface area (Å²) < 4.78 is 14.0. The van der Waals surface area contributed by atoms with Crippen molar-refractivity contribution in [3.8, 4) is 11.5 Å². The van der Waals surface area contributed by atoms with Gasteiger partial charge in [-0.1, -0.05) is 12.1 Å². The van der Waals surface area contributed by atoms with Gasteiger partial charge in [0.2, 0.25) is 5.91 Å². The first-order valence-corrected chi connectivity index (χ1v) is 11.5. The summed E-state index contributed by atoms with van der Waals surface area (Å²) in [5.74, 6) is 1.85. The summed E-state index contributed by atoms with van der Waals surface area (Å²) in [6, 6.07) is 17.1. The standard InChI is InChI=1S/C25H26N2O4S/c1-16-12-22(23(29)15-32-21-10-8-19(9-11-21)26-18(3)28)17(2)27(16)13-20-14-30-24-6-4-5-7-25(24)31-20/h4-12,20H,13-15H2,1-3H3,(H,26,28)/t20-/m0/s1. The number of benzene rings is 2. The van der Waals surface area contributed by atoms with E-state index < -0.39 is 0 Å². The number of aryl methyl sites for hydroxylation is 1. The number of carbonyl (C=O) groups is 2. The highest BCUT2D eigenvalue weighted by molar-refractivity contribution is 8.00. The minimum atomic E-state index is -0.117. The number of fused-ring (bicyclic) bond motifs is 1. The number of carbonyl (C=O) groups excluding carboxylic acids is 2. The van der Waals surface area contributed by atoms with E-state index in [-0.39, 0.29) is 17.8 Å². The molecule has 7 heteroatoms. The van der Waals surface area contributed by atoms with Crippen LogP contribution in [0.2, 0.25) is 0 Å². The molecule has 0 bridgehead atoms. The maximum absolute atomic E-state index is 12.9. The molecule has 1 aliphatic heterocycles. The number of hydrogen-bond acceptors (Lipinski definition) is 5. The lowest BCUT2D eigenvalue weighted by molar-refractivity contribution is -0.114. The van der Waals surface area contributed by atoms with Crippen molar-refractivity contribution in [3.63, 3.8) is 0 Å². The average Bonchev–Trinajstić information content (AvgIpc) is 3.06. The van der Waals surface area contributed by atoms with Gasteiger partial charge in [0.05, 0.1) is 12.3 Å². The Morgan fingerprint density at radius 2 is 1.81 bits per heavy atom. The molecular weight excluding hydrogens is 424 g/mol. The Morgan fingerprint density at radius 1 is 1.09 bits per heavy atom. The van der Waals surface area contributed by atoms with E-state index in [1.165, 1.54) is 18.7 Å². The Bertz CT molecular complexity index is 1140. The molecule has 0 radical (unpaired) electrons. The predicted octanol–water partition coefficient (Wildman–Crippen LogP) is 4.88. The van der Waals surface area contributed by atoms with Crippen LogP contribution in [0.1, 0.15) is 28.7 Å². The Morgan fingerprint density at radius 3 is 2.53 bits per heavy atom. The number of anilines is 1. The molecule has 0 saturated heterocycles. The van der Waals surface area contributed by atoms with Gasteiger partial charge in [-0.15, -0.1) is 11.8 Å². The molecule has 0 aliphatic carbocycles. The van der Waals surface area contributed by atoms with E-state index >= 15 is 0 Å². The van der Waals surface area contributed by atoms with Crippen LogP contribution in [0.15, 0.2) is 59.5 Å². The van der Waals surface area contributed by atoms with E-state index in [0.29, 0.717) is 18.9 Å². The lowest BCUT2D eigenvalue weighted by Gasteiger charge is -2.27. The van der Waals surface area contributed by atoms with Gasteiger partial charge in [0.25, 0.3) is 0 Å². The quantitative estimate of drug-likeness (QED) is 0.410. The molecule has 1 N–H and O–H groups in total. The zero-order valence-corrected chi connectivity index (χ0v) is 19.2. The van der Waals surface area contributed by atoms with Crippen LogP contribution in [-0.2, 0) is 11.3 Å². The summed E-state index contributed by atoms with van der Waals surface area (Å²) in [6.07, 6.45) is -0.117. The minimum absolute atomic E-state index is 0.0893. The maximum atomic E-state index is 12.9. The van der Waals surface area contributed by atoms with Crippen molar-refractivity contribution < 1.29 is 19.1 Å². The van der Waals surface area contributed by atoms with Crippen LogP contribution in [0.3, 0.4) is 0 Å². The summed E-state index contributed by atoms with van der Waals surface area (Å²) >= 11 is 1.49. The van der Waals surface area contributed by atoms with Gasteiger partial charge in [-0.2, -0.15) is 0 Å². The highest BCUT2D eigenvalue weighted by atomic mass is 32.2. The molecule has 1 aliphatic rings. The third kappa shape index (κ3) is 4.99. The minimum Gasteiger partial charge on any atom is -0.486 e. The number of rotatable bonds is 7. The molecule has 3 aromatic rings. The van der Waals surface area contributed by atoms with Crippen molar-refractivity contribution in [1.82, 2.24) is 4.57 Å². The van der Waals surface area contributed by atoms with E-state index in [9.17, 15) is 9.59 Å². The molecule has 2 heterocycles. The number of nitrogens with one attached hydrogen (secondary N) is 1. The molecule has 0 unspecified atom stereocenters. The van der Waals surface area contributed by atoms with E-state index in [1.807, 2.05) is 68.4 Å². The average molecular weight is 451 g/mol. The third-order valence-corrected chi connectivity index (χ3v) is 6.38. The molecule has 0 spiro atoms. The first-order valence-electron chi connectivity index (χ1n) is 10.5. The molecule has 1 amide bonds. The molecule has 0 saturated carbocycles. The van der Waals surface area contributed by atoms with Crippen LogP contribution < -0.4 is 14.8 Å². The molecule has 1 aromatic heterocycles. The van der Waals surface area contributed by atoms with Crippen molar-refractivity contribution in [2.75, 3.05) is 17.7 Å². The molecule has 2 aromatic carbocycles. The highest BCUT2D eigenvalue weighted by Crippen LogP contribution is 2.32. The van der Waals surface area contributed by atoms with Gasteiger partial charge < -0.3 is 19.4 Å². The molecule has 166 valence electrons. The molecule has 6 nitrogen and oxygen atoms in total. The Hall–Kier alpha value is -3.19. The van der Waals surface area contributed by atoms with Gasteiger partial charge in [-0.25, -0.2) is 0 Å². The molecule has 0 fully saturated rings. The van der Waals surface area contributed by atoms with Gasteiger partial charge in [0.1, 0.15) is 6.61 Å². The Labute approximate surface area is 191 Å². The predicted molar refractivity (Wildman–Crippen MR) is 126 cm³/mol. The number of aromatic nitrogens is 1. The largest absolute Gasteiger partial charge is 0.486 e. The molecule has 4 rings (SSSR count). The normalized spacial score (nSPS) is 14.8. The number of ether oxygens (including phenoxy) is 2. The smallest absolute Gasteiger partial charge is 0.221 e. The zero-order valence-electron chi connectivity index (χ0n) is 18.4. The van der Waals surface area contributed by atoms with Crippen LogP contribution in [0.25, 0.3) is 0 Å². The van der Waals surface area contributed by atoms with Gasteiger partial charge in [0, 0.05) is 34.5 Å². The van der Waals surface area contributed by atoms with Crippen molar-refractivity contribution in [2.45, 2.75) is 38.3 Å². The number of thioether (sulfide) groups is 1. The monoisotopic (exact) mass is 450 g/mol. The molecular formula is C25H26N2O4S. The van der Waals surface area contributed by atoms with Crippen LogP contribution in [0.5, 0.6) is 11.5 Å². The van der Waals surface area contributed by atoms with E-state index in [1.54, 1.807) is 0 Å². The fourth-order valence-corrected chi connectivity index (χ4v) is 4.57. The van der Waals surface area contributed by atoms with Crippen LogP contribution in [0, 0.1) is 13.8 Å². The molecule has 32 heavy (non-hydrogen) atoms. The maximum Gasteiger partial charge on any atom is 0.221 e. The number of hydrogen-bond donors (Lipinski definition) is 1. The molecule has 1 atom stereocenters. The second-order valence-corrected chi connectivity index (χ2v) is 8.86. The fraction of sp³-hybridized carbons (Fsp3) is 0.280. The summed E-state index contributed by atoms with van der Waals surface area (Å²) in [7, 11) is 0. The topological polar surface area (TPSA) is 69.6 Å².